The van der Waals surface area contributed by atoms with Gasteiger partial charge in [-0.25, -0.2) is 4.79 Å². The first-order chi connectivity index (χ1) is 5.42. The molecule has 0 aromatic carbocycles. The zero-order valence-corrected chi connectivity index (χ0v) is 7.68. The minimum Gasteiger partial charge on any atom is -0.480 e. The number of nitrogens with one attached hydrogen (secondary N) is 1. The van der Waals surface area contributed by atoms with Gasteiger partial charge in [-0.05, 0) is 13.3 Å². The smallest absolute Gasteiger partial charge is 0.329 e. The van der Waals surface area contributed by atoms with E-state index in [9.17, 15) is 9.59 Å². The summed E-state index contributed by atoms with van der Waals surface area (Å²) in [5.41, 5.74) is -1.11. The molecule has 0 aliphatic carbocycles. The summed E-state index contributed by atoms with van der Waals surface area (Å²) in [6.07, 6.45) is 1.17. The molecule has 0 aliphatic rings. The molecule has 0 saturated carbocycles. The number of carbonyl (C=O) groups is 2. The Morgan fingerprint density at radius 3 is 2.25 bits per heavy atom. The van der Waals surface area contributed by atoms with Crippen molar-refractivity contribution in [1.82, 2.24) is 5.32 Å². The quantitative estimate of drug-likeness (QED) is 0.659. The lowest BCUT2D eigenvalue weighted by atomic mass is 9.96. The molecule has 70 valence electrons. The Kier molecular flexibility index (Phi) is 3.73. The number of carboxylic acids is 1. The predicted octanol–water partition coefficient (Wildman–Crippen LogP) is 0.766. The molecule has 0 aliphatic heterocycles. The summed E-state index contributed by atoms with van der Waals surface area (Å²) < 4.78 is 0. The first-order valence-corrected chi connectivity index (χ1v) is 3.94. The van der Waals surface area contributed by atoms with Crippen molar-refractivity contribution in [2.75, 3.05) is 0 Å². The summed E-state index contributed by atoms with van der Waals surface area (Å²) in [4.78, 5) is 21.4. The molecule has 2 N–H and O–H groups in total. The van der Waals surface area contributed by atoms with Crippen molar-refractivity contribution < 1.29 is 14.7 Å². The Bertz CT molecular complexity index is 191. The SMILES string of the molecule is CCC[C@](C)(NC(C)=O)C(=O)O. The van der Waals surface area contributed by atoms with E-state index in [0.29, 0.717) is 6.42 Å². The molecule has 0 heterocycles. The average molecular weight is 173 g/mol. The van der Waals surface area contributed by atoms with E-state index in [4.69, 9.17) is 5.11 Å². The zero-order chi connectivity index (χ0) is 9.78. The Hall–Kier alpha value is -1.06. The molecule has 0 saturated heterocycles. The van der Waals surface area contributed by atoms with Crippen molar-refractivity contribution in [3.8, 4) is 0 Å². The summed E-state index contributed by atoms with van der Waals surface area (Å²) in [6.45, 7) is 4.71. The Labute approximate surface area is 72.0 Å². The first kappa shape index (κ1) is 10.9. The second-order valence-electron chi connectivity index (χ2n) is 3.07. The van der Waals surface area contributed by atoms with Crippen LogP contribution < -0.4 is 5.32 Å². The van der Waals surface area contributed by atoms with E-state index in [1.54, 1.807) is 0 Å². The van der Waals surface area contributed by atoms with Gasteiger partial charge in [0.05, 0.1) is 0 Å². The van der Waals surface area contributed by atoms with Gasteiger partial charge in [-0.1, -0.05) is 13.3 Å². The third-order valence-corrected chi connectivity index (χ3v) is 1.67. The van der Waals surface area contributed by atoms with E-state index in [1.807, 2.05) is 6.92 Å². The molecule has 0 fully saturated rings. The van der Waals surface area contributed by atoms with Gasteiger partial charge in [0.25, 0.3) is 0 Å². The highest BCUT2D eigenvalue weighted by Gasteiger charge is 2.32. The number of amides is 1. The summed E-state index contributed by atoms with van der Waals surface area (Å²) in [5.74, 6) is -1.30. The standard InChI is InChI=1S/C8H15NO3/c1-4-5-8(3,7(11)12)9-6(2)10/h4-5H2,1-3H3,(H,9,10)(H,11,12)/t8-/m0/s1. The van der Waals surface area contributed by atoms with E-state index in [0.717, 1.165) is 6.42 Å². The van der Waals surface area contributed by atoms with Gasteiger partial charge in [-0.15, -0.1) is 0 Å². The molecule has 12 heavy (non-hydrogen) atoms. The number of aliphatic carboxylic acids is 1. The van der Waals surface area contributed by atoms with Crippen LogP contribution in [0.5, 0.6) is 0 Å². The zero-order valence-electron chi connectivity index (χ0n) is 7.68. The maximum atomic E-state index is 10.7. The minimum atomic E-state index is -1.11. The molecule has 4 heteroatoms. The largest absolute Gasteiger partial charge is 0.480 e. The first-order valence-electron chi connectivity index (χ1n) is 3.94. The molecule has 0 aromatic rings. The van der Waals surface area contributed by atoms with Crippen LogP contribution in [-0.4, -0.2) is 22.5 Å². The van der Waals surface area contributed by atoms with Crippen LogP contribution in [-0.2, 0) is 9.59 Å². The highest BCUT2D eigenvalue weighted by molar-refractivity contribution is 5.85. The summed E-state index contributed by atoms with van der Waals surface area (Å²) in [5, 5.41) is 11.2. The fourth-order valence-electron chi connectivity index (χ4n) is 1.11. The highest BCUT2D eigenvalue weighted by Crippen LogP contribution is 2.11. The normalized spacial score (nSPS) is 14.9. The number of hydrogen-bond donors (Lipinski definition) is 2. The van der Waals surface area contributed by atoms with Crippen molar-refractivity contribution in [3.63, 3.8) is 0 Å². The molecule has 1 atom stereocenters. The Balaban J connectivity index is 4.38. The van der Waals surface area contributed by atoms with Gasteiger partial charge < -0.3 is 10.4 Å². The van der Waals surface area contributed by atoms with Gasteiger partial charge in [0.1, 0.15) is 5.54 Å². The fraction of sp³-hybridized carbons (Fsp3) is 0.750. The summed E-state index contributed by atoms with van der Waals surface area (Å²) in [6, 6.07) is 0. The maximum absolute atomic E-state index is 10.7. The van der Waals surface area contributed by atoms with Gasteiger partial charge >= 0.3 is 5.97 Å². The van der Waals surface area contributed by atoms with Crippen LogP contribution in [0.3, 0.4) is 0 Å². The van der Waals surface area contributed by atoms with Gasteiger partial charge in [0.15, 0.2) is 0 Å². The molecule has 0 aromatic heterocycles. The van der Waals surface area contributed by atoms with Crippen molar-refractivity contribution >= 4 is 11.9 Å². The van der Waals surface area contributed by atoms with Crippen molar-refractivity contribution in [2.24, 2.45) is 0 Å². The predicted molar refractivity (Wildman–Crippen MR) is 44.8 cm³/mol. The lowest BCUT2D eigenvalue weighted by Crippen LogP contribution is -2.51. The number of carbonyl (C=O) groups excluding carboxylic acids is 1. The third-order valence-electron chi connectivity index (χ3n) is 1.67. The second kappa shape index (κ2) is 4.09. The van der Waals surface area contributed by atoms with Crippen LogP contribution in [0.15, 0.2) is 0 Å². The Morgan fingerprint density at radius 2 is 2.00 bits per heavy atom. The molecule has 0 rings (SSSR count). The molecule has 0 bridgehead atoms. The molecule has 0 spiro atoms. The maximum Gasteiger partial charge on any atom is 0.329 e. The molecule has 0 unspecified atom stereocenters. The van der Waals surface area contributed by atoms with E-state index >= 15 is 0 Å². The minimum absolute atomic E-state index is 0.312. The number of hydrogen-bond acceptors (Lipinski definition) is 2. The summed E-state index contributed by atoms with van der Waals surface area (Å²) in [7, 11) is 0. The molecular formula is C8H15NO3. The average Bonchev–Trinajstić information content (AvgIpc) is 1.85. The molecule has 0 radical (unpaired) electrons. The lowest BCUT2D eigenvalue weighted by molar-refractivity contribution is -0.146. The van der Waals surface area contributed by atoms with Crippen LogP contribution in [0.2, 0.25) is 0 Å². The third kappa shape index (κ3) is 2.90. The van der Waals surface area contributed by atoms with Crippen molar-refractivity contribution in [3.05, 3.63) is 0 Å². The second-order valence-corrected chi connectivity index (χ2v) is 3.07. The molecular weight excluding hydrogens is 158 g/mol. The van der Waals surface area contributed by atoms with Crippen molar-refractivity contribution in [1.29, 1.82) is 0 Å². The van der Waals surface area contributed by atoms with Gasteiger partial charge in [-0.3, -0.25) is 4.79 Å². The summed E-state index contributed by atoms with van der Waals surface area (Å²) >= 11 is 0. The van der Waals surface area contributed by atoms with Crippen molar-refractivity contribution in [2.45, 2.75) is 39.2 Å². The highest BCUT2D eigenvalue weighted by atomic mass is 16.4. The van der Waals surface area contributed by atoms with Crippen LogP contribution in [0.25, 0.3) is 0 Å². The number of rotatable bonds is 4. The van der Waals surface area contributed by atoms with Crippen LogP contribution in [0, 0.1) is 0 Å². The van der Waals surface area contributed by atoms with E-state index < -0.39 is 11.5 Å². The van der Waals surface area contributed by atoms with E-state index in [-0.39, 0.29) is 5.91 Å². The van der Waals surface area contributed by atoms with E-state index in [1.165, 1.54) is 13.8 Å². The monoisotopic (exact) mass is 173 g/mol. The molecule has 4 nitrogen and oxygen atoms in total. The van der Waals surface area contributed by atoms with Gasteiger partial charge in [-0.2, -0.15) is 0 Å². The van der Waals surface area contributed by atoms with E-state index in [2.05, 4.69) is 5.32 Å². The topological polar surface area (TPSA) is 66.4 Å². The number of carboxylic acid groups (broad SMARTS) is 1. The lowest BCUT2D eigenvalue weighted by Gasteiger charge is -2.24. The van der Waals surface area contributed by atoms with Gasteiger partial charge in [0, 0.05) is 6.92 Å². The van der Waals surface area contributed by atoms with Gasteiger partial charge in [0.2, 0.25) is 5.91 Å². The van der Waals surface area contributed by atoms with Crippen LogP contribution in [0.1, 0.15) is 33.6 Å². The fourth-order valence-corrected chi connectivity index (χ4v) is 1.11. The van der Waals surface area contributed by atoms with Crippen LogP contribution >= 0.6 is 0 Å². The molecule has 1 amide bonds. The van der Waals surface area contributed by atoms with Crippen LogP contribution in [0.4, 0.5) is 0 Å². The Morgan fingerprint density at radius 1 is 1.50 bits per heavy atom.